The zero-order valence-corrected chi connectivity index (χ0v) is 6.43. The summed E-state index contributed by atoms with van der Waals surface area (Å²) >= 11 is 0. The third-order valence-corrected chi connectivity index (χ3v) is 1.53. The van der Waals surface area contributed by atoms with E-state index in [0.717, 1.165) is 6.08 Å². The van der Waals surface area contributed by atoms with Crippen LogP contribution in [0.25, 0.3) is 0 Å². The van der Waals surface area contributed by atoms with Gasteiger partial charge in [-0.2, -0.15) is 0 Å². The first kappa shape index (κ1) is 7.62. The zero-order chi connectivity index (χ0) is 7.56. The van der Waals surface area contributed by atoms with Gasteiger partial charge in [-0.3, -0.25) is 0 Å². The summed E-state index contributed by atoms with van der Waals surface area (Å²) in [7, 11) is 2.32. The van der Waals surface area contributed by atoms with Crippen LogP contribution in [0.15, 0.2) is 35.2 Å². The molecule has 3 heteroatoms. The molecule has 0 nitrogen and oxygen atoms in total. The zero-order valence-electron chi connectivity index (χ0n) is 5.27. The fraction of sp³-hybridized carbons (Fsp3) is 0.143. The van der Waals surface area contributed by atoms with Crippen molar-refractivity contribution in [3.63, 3.8) is 0 Å². The first-order valence-electron chi connectivity index (χ1n) is 2.87. The van der Waals surface area contributed by atoms with Crippen molar-refractivity contribution in [2.24, 2.45) is 0 Å². The lowest BCUT2D eigenvalue weighted by molar-refractivity contribution is 0.600. The number of allylic oxidation sites excluding steroid dienone is 6. The molecule has 0 amide bonds. The Labute approximate surface area is 60.5 Å². The first-order valence-corrected chi connectivity index (χ1v) is 3.45. The van der Waals surface area contributed by atoms with Crippen LogP contribution in [0.4, 0.5) is 8.78 Å². The van der Waals surface area contributed by atoms with Gasteiger partial charge in [-0.15, -0.1) is 9.24 Å². The Hall–Kier alpha value is -0.490. The summed E-state index contributed by atoms with van der Waals surface area (Å²) in [6, 6.07) is 0. The Balaban J connectivity index is 2.90. The Morgan fingerprint density at radius 1 is 1.30 bits per heavy atom. The van der Waals surface area contributed by atoms with Gasteiger partial charge in [0.1, 0.15) is 11.7 Å². The van der Waals surface area contributed by atoms with Gasteiger partial charge in [0.25, 0.3) is 0 Å². The third kappa shape index (κ3) is 2.03. The standard InChI is InChI=1S/C7H7F2P/c8-5-1-2-7(10)4-6(9)3-5/h2-4H,1,10H2. The Bertz CT molecular complexity index is 226. The highest BCUT2D eigenvalue weighted by Gasteiger charge is 2.00. The predicted octanol–water partition coefficient (Wildman–Crippen LogP) is 2.86. The molecule has 10 heavy (non-hydrogen) atoms. The summed E-state index contributed by atoms with van der Waals surface area (Å²) in [5.41, 5.74) is 0. The molecule has 0 spiro atoms. The summed E-state index contributed by atoms with van der Waals surface area (Å²) in [5.74, 6) is -0.970. The lowest BCUT2D eigenvalue weighted by atomic mass is 10.3. The molecule has 0 heterocycles. The molecule has 1 aliphatic rings. The second kappa shape index (κ2) is 3.07. The molecule has 1 atom stereocenters. The van der Waals surface area contributed by atoms with E-state index in [1.807, 2.05) is 0 Å². The van der Waals surface area contributed by atoms with Gasteiger partial charge < -0.3 is 0 Å². The van der Waals surface area contributed by atoms with E-state index >= 15 is 0 Å². The molecule has 1 rings (SSSR count). The van der Waals surface area contributed by atoms with E-state index in [-0.39, 0.29) is 6.42 Å². The van der Waals surface area contributed by atoms with Gasteiger partial charge in [0.15, 0.2) is 0 Å². The van der Waals surface area contributed by atoms with Gasteiger partial charge in [-0.05, 0) is 11.4 Å². The van der Waals surface area contributed by atoms with E-state index in [1.54, 1.807) is 6.08 Å². The van der Waals surface area contributed by atoms with E-state index in [4.69, 9.17) is 0 Å². The van der Waals surface area contributed by atoms with Gasteiger partial charge >= 0.3 is 0 Å². The molecule has 0 aromatic rings. The van der Waals surface area contributed by atoms with Crippen molar-refractivity contribution in [2.75, 3.05) is 0 Å². The highest BCUT2D eigenvalue weighted by Crippen LogP contribution is 2.21. The molecule has 0 bridgehead atoms. The van der Waals surface area contributed by atoms with Crippen molar-refractivity contribution in [1.29, 1.82) is 0 Å². The Kier molecular flexibility index (Phi) is 2.34. The van der Waals surface area contributed by atoms with Crippen LogP contribution in [0.3, 0.4) is 0 Å². The number of hydrogen-bond donors (Lipinski definition) is 0. The molecule has 0 aromatic carbocycles. The molecule has 1 aliphatic carbocycles. The van der Waals surface area contributed by atoms with Crippen molar-refractivity contribution in [3.05, 3.63) is 35.2 Å². The maximum atomic E-state index is 12.4. The summed E-state index contributed by atoms with van der Waals surface area (Å²) < 4.78 is 24.8. The van der Waals surface area contributed by atoms with Gasteiger partial charge in [-0.25, -0.2) is 8.78 Å². The minimum atomic E-state index is -0.531. The maximum Gasteiger partial charge on any atom is 0.126 e. The fourth-order valence-electron chi connectivity index (χ4n) is 0.684. The summed E-state index contributed by atoms with van der Waals surface area (Å²) in [4.78, 5) is 0. The molecule has 0 saturated heterocycles. The summed E-state index contributed by atoms with van der Waals surface area (Å²) in [6.07, 6.45) is 3.97. The average molecular weight is 160 g/mol. The van der Waals surface area contributed by atoms with E-state index in [1.165, 1.54) is 6.08 Å². The largest absolute Gasteiger partial charge is 0.211 e. The van der Waals surface area contributed by atoms with Crippen LogP contribution in [0.2, 0.25) is 0 Å². The van der Waals surface area contributed by atoms with Gasteiger partial charge in [0.05, 0.1) is 0 Å². The second-order valence-electron chi connectivity index (χ2n) is 2.03. The number of halogens is 2. The lowest BCUT2D eigenvalue weighted by Gasteiger charge is -1.85. The minimum absolute atomic E-state index is 0.183. The Morgan fingerprint density at radius 2 is 2.00 bits per heavy atom. The number of rotatable bonds is 0. The third-order valence-electron chi connectivity index (χ3n) is 1.13. The minimum Gasteiger partial charge on any atom is -0.211 e. The maximum absolute atomic E-state index is 12.4. The van der Waals surface area contributed by atoms with Crippen LogP contribution in [0.5, 0.6) is 0 Å². The van der Waals surface area contributed by atoms with Crippen LogP contribution in [0.1, 0.15) is 6.42 Å². The van der Waals surface area contributed by atoms with Crippen molar-refractivity contribution >= 4 is 9.24 Å². The van der Waals surface area contributed by atoms with E-state index < -0.39 is 11.7 Å². The van der Waals surface area contributed by atoms with Gasteiger partial charge in [0, 0.05) is 12.5 Å². The van der Waals surface area contributed by atoms with Crippen LogP contribution in [-0.4, -0.2) is 0 Å². The van der Waals surface area contributed by atoms with E-state index in [2.05, 4.69) is 9.24 Å². The van der Waals surface area contributed by atoms with Crippen LogP contribution in [0, 0.1) is 0 Å². The van der Waals surface area contributed by atoms with Gasteiger partial charge in [0.2, 0.25) is 0 Å². The van der Waals surface area contributed by atoms with Crippen molar-refractivity contribution in [1.82, 2.24) is 0 Å². The SMILES string of the molecule is FC1=CC(P)=CCC(F)=C1. The Morgan fingerprint density at radius 3 is 2.70 bits per heavy atom. The smallest absolute Gasteiger partial charge is 0.126 e. The quantitative estimate of drug-likeness (QED) is 0.478. The molecular weight excluding hydrogens is 153 g/mol. The molecule has 0 fully saturated rings. The molecule has 0 aromatic heterocycles. The molecular formula is C7H7F2P. The van der Waals surface area contributed by atoms with E-state index in [0.29, 0.717) is 5.31 Å². The van der Waals surface area contributed by atoms with Gasteiger partial charge in [-0.1, -0.05) is 6.08 Å². The topological polar surface area (TPSA) is 0 Å². The van der Waals surface area contributed by atoms with Crippen LogP contribution in [-0.2, 0) is 0 Å². The fourth-order valence-corrected chi connectivity index (χ4v) is 0.961. The molecule has 0 saturated carbocycles. The highest BCUT2D eigenvalue weighted by molar-refractivity contribution is 7.22. The van der Waals surface area contributed by atoms with Crippen molar-refractivity contribution in [3.8, 4) is 0 Å². The molecule has 0 N–H and O–H groups in total. The van der Waals surface area contributed by atoms with Crippen LogP contribution < -0.4 is 0 Å². The average Bonchev–Trinajstić information content (AvgIpc) is 1.93. The van der Waals surface area contributed by atoms with Crippen LogP contribution >= 0.6 is 9.24 Å². The first-order chi connectivity index (χ1) is 4.68. The molecule has 1 unspecified atom stereocenters. The lowest BCUT2D eigenvalue weighted by Crippen LogP contribution is -1.67. The number of hydrogen-bond acceptors (Lipinski definition) is 0. The van der Waals surface area contributed by atoms with Crippen molar-refractivity contribution in [2.45, 2.75) is 6.42 Å². The molecule has 0 radical (unpaired) electrons. The monoisotopic (exact) mass is 160 g/mol. The molecule has 0 aliphatic heterocycles. The molecule has 54 valence electrons. The predicted molar refractivity (Wildman–Crippen MR) is 40.8 cm³/mol. The van der Waals surface area contributed by atoms with E-state index in [9.17, 15) is 8.78 Å². The van der Waals surface area contributed by atoms with Crippen molar-refractivity contribution < 1.29 is 8.78 Å². The summed E-state index contributed by atoms with van der Waals surface area (Å²) in [5, 5.41) is 0.682. The normalized spacial score (nSPS) is 18.9. The highest BCUT2D eigenvalue weighted by atomic mass is 31.0. The second-order valence-corrected chi connectivity index (χ2v) is 2.70. The summed E-state index contributed by atoms with van der Waals surface area (Å²) in [6.45, 7) is 0.